The van der Waals surface area contributed by atoms with E-state index in [2.05, 4.69) is 0 Å². The third kappa shape index (κ3) is 1.61. The summed E-state index contributed by atoms with van der Waals surface area (Å²) in [4.78, 5) is 11.2. The highest BCUT2D eigenvalue weighted by Gasteiger charge is 2.02. The number of hydrogen-bond donors (Lipinski definition) is 0. The predicted molar refractivity (Wildman–Crippen MR) is 47.8 cm³/mol. The Bertz CT molecular complexity index is 332. The first-order valence-electron chi connectivity index (χ1n) is 3.48. The van der Waals surface area contributed by atoms with Gasteiger partial charge in [-0.15, -0.1) is 11.6 Å². The Morgan fingerprint density at radius 2 is 2.33 bits per heavy atom. The summed E-state index contributed by atoms with van der Waals surface area (Å²) in [6, 6.07) is 1.48. The number of aromatic nitrogens is 1. The average Bonchev–Trinajstić information content (AvgIpc) is 2.08. The fourth-order valence-corrected chi connectivity index (χ4v) is 1.20. The molecule has 66 valence electrons. The second-order valence-electron chi connectivity index (χ2n) is 2.44. The summed E-state index contributed by atoms with van der Waals surface area (Å²) in [6.45, 7) is 0. The molecule has 0 saturated heterocycles. The van der Waals surface area contributed by atoms with Crippen LogP contribution in [0.4, 0.5) is 0 Å². The smallest absolute Gasteiger partial charge is 0.223 e. The Morgan fingerprint density at radius 3 is 2.83 bits per heavy atom. The molecule has 0 spiro atoms. The molecule has 0 aromatic carbocycles. The van der Waals surface area contributed by atoms with E-state index < -0.39 is 0 Å². The molecule has 0 aliphatic carbocycles. The Hall–Kier alpha value is -0.960. The van der Waals surface area contributed by atoms with Crippen LogP contribution in [-0.4, -0.2) is 11.7 Å². The quantitative estimate of drug-likeness (QED) is 0.650. The minimum Gasteiger partial charge on any atom is -0.491 e. The molecule has 1 rings (SSSR count). The number of alkyl halides is 1. The minimum absolute atomic E-state index is 0.133. The van der Waals surface area contributed by atoms with E-state index in [1.165, 1.54) is 13.2 Å². The molecule has 0 N–H and O–H groups in total. The number of hydrogen-bond acceptors (Lipinski definition) is 2. The molecule has 0 unspecified atom stereocenters. The molecule has 3 nitrogen and oxygen atoms in total. The fraction of sp³-hybridized carbons (Fsp3) is 0.375. The molecule has 1 aromatic rings. The van der Waals surface area contributed by atoms with Crippen molar-refractivity contribution >= 4 is 11.6 Å². The Labute approximate surface area is 75.5 Å². The van der Waals surface area contributed by atoms with Gasteiger partial charge in [0.2, 0.25) is 5.43 Å². The number of pyridine rings is 1. The van der Waals surface area contributed by atoms with E-state index >= 15 is 0 Å². The standard InChI is InChI=1S/C8H10ClNO2/c1-10-5-8(12-2)7(11)3-6(10)4-9/h3,5H,4H2,1-2H3. The molecular weight excluding hydrogens is 178 g/mol. The van der Waals surface area contributed by atoms with Crippen LogP contribution in [0.1, 0.15) is 5.69 Å². The van der Waals surface area contributed by atoms with Gasteiger partial charge in [-0.1, -0.05) is 0 Å². The zero-order valence-corrected chi connectivity index (χ0v) is 7.76. The first-order valence-corrected chi connectivity index (χ1v) is 4.02. The van der Waals surface area contributed by atoms with E-state index in [0.29, 0.717) is 11.6 Å². The van der Waals surface area contributed by atoms with Crippen molar-refractivity contribution in [2.45, 2.75) is 5.88 Å². The number of rotatable bonds is 2. The van der Waals surface area contributed by atoms with Gasteiger partial charge < -0.3 is 9.30 Å². The first kappa shape index (κ1) is 9.13. The van der Waals surface area contributed by atoms with Crippen molar-refractivity contribution in [1.29, 1.82) is 0 Å². The van der Waals surface area contributed by atoms with Crippen LogP contribution >= 0.6 is 11.6 Å². The van der Waals surface area contributed by atoms with Crippen LogP contribution in [0.15, 0.2) is 17.1 Å². The van der Waals surface area contributed by atoms with Crippen LogP contribution in [0.2, 0.25) is 0 Å². The molecule has 4 heteroatoms. The molecule has 1 aromatic heterocycles. The maximum absolute atomic E-state index is 11.2. The average molecular weight is 188 g/mol. The summed E-state index contributed by atoms with van der Waals surface area (Å²) in [6.07, 6.45) is 1.63. The lowest BCUT2D eigenvalue weighted by Crippen LogP contribution is -2.11. The fourth-order valence-electron chi connectivity index (χ4n) is 0.933. The number of ether oxygens (including phenoxy) is 1. The molecule has 12 heavy (non-hydrogen) atoms. The highest BCUT2D eigenvalue weighted by atomic mass is 35.5. The van der Waals surface area contributed by atoms with Crippen molar-refractivity contribution in [1.82, 2.24) is 4.57 Å². The number of halogens is 1. The van der Waals surface area contributed by atoms with Gasteiger partial charge in [0.25, 0.3) is 0 Å². The van der Waals surface area contributed by atoms with Crippen molar-refractivity contribution < 1.29 is 4.74 Å². The monoisotopic (exact) mass is 187 g/mol. The SMILES string of the molecule is COc1cn(C)c(CCl)cc1=O. The van der Waals surface area contributed by atoms with E-state index in [4.69, 9.17) is 16.3 Å². The molecule has 0 saturated carbocycles. The first-order chi connectivity index (χ1) is 5.69. The van der Waals surface area contributed by atoms with Crippen molar-refractivity contribution in [3.63, 3.8) is 0 Å². The molecule has 0 aliphatic rings. The van der Waals surface area contributed by atoms with Crippen LogP contribution in [0.25, 0.3) is 0 Å². The second kappa shape index (κ2) is 3.63. The van der Waals surface area contributed by atoms with Gasteiger partial charge in [0.05, 0.1) is 19.2 Å². The van der Waals surface area contributed by atoms with E-state index in [9.17, 15) is 4.79 Å². The lowest BCUT2D eigenvalue weighted by Gasteiger charge is -2.06. The van der Waals surface area contributed by atoms with Gasteiger partial charge in [0, 0.05) is 18.8 Å². The van der Waals surface area contributed by atoms with Gasteiger partial charge in [-0.25, -0.2) is 0 Å². The van der Waals surface area contributed by atoms with Crippen LogP contribution in [0.5, 0.6) is 5.75 Å². The normalized spacial score (nSPS) is 9.92. The van der Waals surface area contributed by atoms with Crippen molar-refractivity contribution in [2.24, 2.45) is 7.05 Å². The molecule has 0 amide bonds. The maximum Gasteiger partial charge on any atom is 0.223 e. The minimum atomic E-state index is -0.133. The van der Waals surface area contributed by atoms with Gasteiger partial charge >= 0.3 is 0 Å². The predicted octanol–water partition coefficient (Wildman–Crippen LogP) is 1.13. The molecule has 0 radical (unpaired) electrons. The van der Waals surface area contributed by atoms with Gasteiger partial charge in [-0.3, -0.25) is 4.79 Å². The van der Waals surface area contributed by atoms with Crippen molar-refractivity contribution in [3.8, 4) is 5.75 Å². The van der Waals surface area contributed by atoms with Crippen LogP contribution in [0, 0.1) is 0 Å². The summed E-state index contributed by atoms with van der Waals surface area (Å²) >= 11 is 5.60. The van der Waals surface area contributed by atoms with E-state index in [1.807, 2.05) is 7.05 Å². The summed E-state index contributed by atoms with van der Waals surface area (Å²) in [5, 5.41) is 0. The van der Waals surface area contributed by atoms with Crippen LogP contribution in [-0.2, 0) is 12.9 Å². The lowest BCUT2D eigenvalue weighted by atomic mass is 10.3. The topological polar surface area (TPSA) is 31.2 Å². The van der Waals surface area contributed by atoms with Crippen LogP contribution < -0.4 is 10.2 Å². The summed E-state index contributed by atoms with van der Waals surface area (Å²) in [5.74, 6) is 0.668. The zero-order chi connectivity index (χ0) is 9.14. The summed E-state index contributed by atoms with van der Waals surface area (Å²) < 4.78 is 6.62. The van der Waals surface area contributed by atoms with Crippen molar-refractivity contribution in [2.75, 3.05) is 7.11 Å². The molecule has 1 heterocycles. The highest BCUT2D eigenvalue weighted by Crippen LogP contribution is 2.06. The van der Waals surface area contributed by atoms with E-state index in [0.717, 1.165) is 5.69 Å². The Morgan fingerprint density at radius 1 is 1.67 bits per heavy atom. The molecular formula is C8H10ClNO2. The number of aryl methyl sites for hydroxylation is 1. The molecule has 0 atom stereocenters. The molecule has 0 fully saturated rings. The van der Waals surface area contributed by atoms with Gasteiger partial charge in [0.15, 0.2) is 5.75 Å². The number of methoxy groups -OCH3 is 1. The molecule has 0 aliphatic heterocycles. The largest absolute Gasteiger partial charge is 0.491 e. The zero-order valence-electron chi connectivity index (χ0n) is 7.00. The second-order valence-corrected chi connectivity index (χ2v) is 2.71. The van der Waals surface area contributed by atoms with Crippen molar-refractivity contribution in [3.05, 3.63) is 28.2 Å². The third-order valence-corrected chi connectivity index (χ3v) is 1.94. The van der Waals surface area contributed by atoms with E-state index in [1.54, 1.807) is 10.8 Å². The number of nitrogens with zero attached hydrogens (tertiary/aromatic N) is 1. The van der Waals surface area contributed by atoms with Gasteiger partial charge in [-0.05, 0) is 0 Å². The van der Waals surface area contributed by atoms with Crippen LogP contribution in [0.3, 0.4) is 0 Å². The summed E-state index contributed by atoms with van der Waals surface area (Å²) in [7, 11) is 3.29. The van der Waals surface area contributed by atoms with Gasteiger partial charge in [0.1, 0.15) is 0 Å². The Balaban J connectivity index is 3.26. The van der Waals surface area contributed by atoms with E-state index in [-0.39, 0.29) is 5.43 Å². The lowest BCUT2D eigenvalue weighted by molar-refractivity contribution is 0.406. The van der Waals surface area contributed by atoms with Gasteiger partial charge in [-0.2, -0.15) is 0 Å². The Kier molecular flexibility index (Phi) is 2.76. The third-order valence-electron chi connectivity index (χ3n) is 1.66. The summed E-state index contributed by atoms with van der Waals surface area (Å²) in [5.41, 5.74) is 0.647. The maximum atomic E-state index is 11.2. The highest BCUT2D eigenvalue weighted by molar-refractivity contribution is 6.16. The molecule has 0 bridgehead atoms.